The second kappa shape index (κ2) is 148. The smallest absolute Gasteiger partial charge is 0.870 e. The van der Waals surface area contributed by atoms with Crippen LogP contribution >= 0.6 is 0 Å². The molecule has 0 amide bonds. The minimum Gasteiger partial charge on any atom is -0.870 e. The molecule has 0 fully saturated rings. The first kappa shape index (κ1) is 249. The molecule has 0 bridgehead atoms. The van der Waals surface area contributed by atoms with E-state index < -0.39 is 0 Å². The topological polar surface area (TPSA) is 120 Å². The summed E-state index contributed by atoms with van der Waals surface area (Å²) in [7, 11) is 0. The normalized spacial score (nSPS) is 0. The van der Waals surface area contributed by atoms with Crippen LogP contribution in [0.5, 0.6) is 0 Å². The molecule has 0 rings (SSSR count). The van der Waals surface area contributed by atoms with Gasteiger partial charge in [0, 0.05) is 0 Å². The summed E-state index contributed by atoms with van der Waals surface area (Å²) in [5, 5.41) is 0. The number of rotatable bonds is 0. The molecule has 38 valence electrons. The van der Waals surface area contributed by atoms with Gasteiger partial charge in [0.15, 0.2) is 0 Å². The van der Waals surface area contributed by atoms with Gasteiger partial charge in [0.2, 0.25) is 0 Å². The van der Waals surface area contributed by atoms with E-state index in [1.807, 2.05) is 0 Å². The zero-order valence-corrected chi connectivity index (χ0v) is 5.48. The van der Waals surface area contributed by atoms with Crippen molar-refractivity contribution in [2.45, 2.75) is 0 Å². The minimum atomic E-state index is 0. The Hall–Kier alpha value is 1.01. The molecule has 0 aromatic carbocycles. The molecule has 0 aliphatic heterocycles. The Kier molecular flexibility index (Phi) is 6140. The van der Waals surface area contributed by atoms with Gasteiger partial charge in [-0.25, -0.2) is 0 Å². The summed E-state index contributed by atoms with van der Waals surface area (Å²) >= 11 is 0. The number of hydrogen-bond acceptors (Lipinski definition) is 4. The van der Waals surface area contributed by atoms with Crippen LogP contribution in [0.2, 0.25) is 0 Å². The molecule has 0 atom stereocenters. The van der Waals surface area contributed by atoms with Gasteiger partial charge in [0.1, 0.15) is 0 Å². The molecule has 0 heterocycles. The summed E-state index contributed by atoms with van der Waals surface area (Å²) in [6.45, 7) is 0. The third-order valence-corrected chi connectivity index (χ3v) is 0. The van der Waals surface area contributed by atoms with E-state index in [-0.39, 0.29) is 59.0 Å². The Balaban J connectivity index is 0. The second-order valence-corrected chi connectivity index (χ2v) is 0. The van der Waals surface area contributed by atoms with Crippen LogP contribution in [0.15, 0.2) is 0 Å². The molecule has 0 spiro atoms. The second-order valence-electron chi connectivity index (χ2n) is 0. The maximum absolute atomic E-state index is 0. The molecule has 2 radical (unpaired) electrons. The Labute approximate surface area is 59.3 Å². The minimum absolute atomic E-state index is 0. The SMILES string of the molecule is [OH-].[OH-].[OH-].[OH-].[V+2].[V+2]. The average molecular weight is 170 g/mol. The van der Waals surface area contributed by atoms with E-state index in [2.05, 4.69) is 0 Å². The molecule has 0 saturated carbocycles. The molecular weight excluding hydrogens is 166 g/mol. The van der Waals surface area contributed by atoms with Crippen molar-refractivity contribution < 1.29 is 59.0 Å². The zero-order valence-electron chi connectivity index (χ0n) is 2.68. The predicted octanol–water partition coefficient (Wildman–Crippen LogP) is -0.712. The summed E-state index contributed by atoms with van der Waals surface area (Å²) < 4.78 is 0. The summed E-state index contributed by atoms with van der Waals surface area (Å²) in [6, 6.07) is 0. The van der Waals surface area contributed by atoms with E-state index in [1.54, 1.807) is 0 Å². The van der Waals surface area contributed by atoms with Crippen LogP contribution in [0.1, 0.15) is 0 Å². The van der Waals surface area contributed by atoms with Crippen LogP contribution in [0.3, 0.4) is 0 Å². The fraction of sp³-hybridized carbons (Fsp3) is 0. The van der Waals surface area contributed by atoms with Crippen molar-refractivity contribution in [2.24, 2.45) is 0 Å². The molecule has 0 unspecified atom stereocenters. The van der Waals surface area contributed by atoms with Crippen LogP contribution in [0.4, 0.5) is 0 Å². The van der Waals surface area contributed by atoms with Crippen molar-refractivity contribution in [3.05, 3.63) is 0 Å². The van der Waals surface area contributed by atoms with Crippen molar-refractivity contribution in [3.63, 3.8) is 0 Å². The van der Waals surface area contributed by atoms with Crippen LogP contribution in [0, 0.1) is 0 Å². The van der Waals surface area contributed by atoms with Crippen LogP contribution in [0.25, 0.3) is 0 Å². The van der Waals surface area contributed by atoms with Gasteiger partial charge in [-0.1, -0.05) is 0 Å². The summed E-state index contributed by atoms with van der Waals surface area (Å²) in [6.07, 6.45) is 0. The van der Waals surface area contributed by atoms with Crippen molar-refractivity contribution in [3.8, 4) is 0 Å². The van der Waals surface area contributed by atoms with Gasteiger partial charge in [-0.3, -0.25) is 0 Å². The van der Waals surface area contributed by atoms with Gasteiger partial charge in [-0.05, 0) is 0 Å². The van der Waals surface area contributed by atoms with E-state index in [4.69, 9.17) is 0 Å². The standard InChI is InChI=1S/4H2O.2V/h4*1H2;;/q;;;;2*+2/p-4. The van der Waals surface area contributed by atoms with Gasteiger partial charge >= 0.3 is 37.1 Å². The molecule has 0 saturated heterocycles. The van der Waals surface area contributed by atoms with Crippen molar-refractivity contribution >= 4 is 0 Å². The van der Waals surface area contributed by atoms with E-state index in [0.717, 1.165) is 0 Å². The molecular formula is H4O4V2. The molecule has 4 nitrogen and oxygen atoms in total. The van der Waals surface area contributed by atoms with E-state index >= 15 is 0 Å². The average Bonchev–Trinajstić information content (AvgIpc) is 0. The number of hydrogen-bond donors (Lipinski definition) is 0. The first-order chi connectivity index (χ1) is 0. The van der Waals surface area contributed by atoms with Crippen LogP contribution in [-0.4, -0.2) is 21.9 Å². The van der Waals surface area contributed by atoms with E-state index in [1.165, 1.54) is 0 Å². The fourth-order valence-corrected chi connectivity index (χ4v) is 0. The molecule has 0 aromatic rings. The maximum Gasteiger partial charge on any atom is 2.00 e. The Morgan fingerprint density at radius 2 is 0.333 bits per heavy atom. The summed E-state index contributed by atoms with van der Waals surface area (Å²) in [5.74, 6) is 0. The van der Waals surface area contributed by atoms with Crippen molar-refractivity contribution in [2.75, 3.05) is 0 Å². The Morgan fingerprint density at radius 1 is 0.333 bits per heavy atom. The molecule has 0 aromatic heterocycles. The molecule has 4 N–H and O–H groups in total. The predicted molar refractivity (Wildman–Crippen MR) is 7.74 cm³/mol. The third-order valence-electron chi connectivity index (χ3n) is 0. The van der Waals surface area contributed by atoms with Crippen LogP contribution < -0.4 is 0 Å². The van der Waals surface area contributed by atoms with Crippen molar-refractivity contribution in [1.82, 2.24) is 0 Å². The summed E-state index contributed by atoms with van der Waals surface area (Å²) in [5.41, 5.74) is 0. The quantitative estimate of drug-likeness (QED) is 0.476. The first-order valence-corrected chi connectivity index (χ1v) is 0. The molecule has 6 heavy (non-hydrogen) atoms. The van der Waals surface area contributed by atoms with Crippen LogP contribution in [-0.2, 0) is 37.1 Å². The first-order valence-electron chi connectivity index (χ1n) is 0. The van der Waals surface area contributed by atoms with E-state index in [0.29, 0.717) is 0 Å². The van der Waals surface area contributed by atoms with Gasteiger partial charge in [-0.2, -0.15) is 0 Å². The van der Waals surface area contributed by atoms with E-state index in [9.17, 15) is 0 Å². The van der Waals surface area contributed by atoms with Gasteiger partial charge in [0.25, 0.3) is 0 Å². The Bertz CT molecular complexity index is 5.51. The summed E-state index contributed by atoms with van der Waals surface area (Å²) in [4.78, 5) is 0. The molecule has 0 aliphatic rings. The Morgan fingerprint density at radius 3 is 0.333 bits per heavy atom. The molecule has 6 heteroatoms. The van der Waals surface area contributed by atoms with Crippen molar-refractivity contribution in [1.29, 1.82) is 0 Å². The monoisotopic (exact) mass is 170 g/mol. The maximum atomic E-state index is 0. The molecule has 0 aliphatic carbocycles. The van der Waals surface area contributed by atoms with Gasteiger partial charge in [0.05, 0.1) is 0 Å². The fourth-order valence-electron chi connectivity index (χ4n) is 0. The largest absolute Gasteiger partial charge is 2.00 e. The van der Waals surface area contributed by atoms with Gasteiger partial charge in [-0.15, -0.1) is 0 Å². The third kappa shape index (κ3) is 79.1. The zero-order chi connectivity index (χ0) is 0. The van der Waals surface area contributed by atoms with Gasteiger partial charge < -0.3 is 21.9 Å².